The topological polar surface area (TPSA) is 42.4 Å². The number of carbonyl (C=O) groups is 1. The van der Waals surface area contributed by atoms with Crippen molar-refractivity contribution >= 4 is 23.3 Å². The van der Waals surface area contributed by atoms with Gasteiger partial charge in [0.2, 0.25) is 0 Å². The fraction of sp³-hybridized carbons (Fsp3) is 0.217. The first-order valence-electron chi connectivity index (χ1n) is 9.15. The Hall–Kier alpha value is -2.85. The summed E-state index contributed by atoms with van der Waals surface area (Å²) in [7, 11) is 0. The van der Waals surface area contributed by atoms with Gasteiger partial charge in [-0.15, -0.1) is 0 Å². The minimum atomic E-state index is -0.674. The molecule has 5 heteroatoms. The molecule has 0 saturated carbocycles. The summed E-state index contributed by atoms with van der Waals surface area (Å²) in [6.45, 7) is 6.13. The largest absolute Gasteiger partial charge is 0.481 e. The van der Waals surface area contributed by atoms with Crippen LogP contribution in [0, 0.1) is 13.8 Å². The first-order valence-corrected chi connectivity index (χ1v) is 9.53. The number of hydrogen-bond acceptors (Lipinski definition) is 3. The summed E-state index contributed by atoms with van der Waals surface area (Å²) in [4.78, 5) is 19.2. The van der Waals surface area contributed by atoms with E-state index >= 15 is 0 Å². The number of nitrogens with zero attached hydrogens (tertiary/aromatic N) is 2. The van der Waals surface area contributed by atoms with Gasteiger partial charge in [0.15, 0.2) is 6.10 Å². The lowest BCUT2D eigenvalue weighted by Crippen LogP contribution is -2.40. The lowest BCUT2D eigenvalue weighted by molar-refractivity contribution is -0.124. The van der Waals surface area contributed by atoms with Crippen molar-refractivity contribution in [3.05, 3.63) is 88.6 Å². The van der Waals surface area contributed by atoms with Crippen molar-refractivity contribution in [1.29, 1.82) is 0 Å². The molecular weight excluding hydrogens is 372 g/mol. The van der Waals surface area contributed by atoms with Crippen molar-refractivity contribution < 1.29 is 9.53 Å². The number of benzene rings is 2. The monoisotopic (exact) mass is 394 g/mol. The number of aromatic nitrogens is 1. The van der Waals surface area contributed by atoms with Gasteiger partial charge in [-0.3, -0.25) is 9.69 Å². The molecule has 0 N–H and O–H groups in total. The first-order chi connectivity index (χ1) is 13.5. The summed E-state index contributed by atoms with van der Waals surface area (Å²) in [5.41, 5.74) is 3.15. The number of amides is 1. The molecule has 0 spiro atoms. The molecule has 3 aromatic rings. The zero-order valence-electron chi connectivity index (χ0n) is 16.2. The average Bonchev–Trinajstić information content (AvgIpc) is 2.70. The molecule has 0 radical (unpaired) electrons. The van der Waals surface area contributed by atoms with Gasteiger partial charge in [0.25, 0.3) is 5.91 Å². The molecule has 1 atom stereocenters. The predicted molar refractivity (Wildman–Crippen MR) is 113 cm³/mol. The van der Waals surface area contributed by atoms with Gasteiger partial charge in [0.05, 0.1) is 6.54 Å². The number of carbonyl (C=O) groups excluding carboxylic acids is 1. The van der Waals surface area contributed by atoms with Crippen molar-refractivity contribution in [2.45, 2.75) is 33.4 Å². The maximum atomic E-state index is 13.2. The molecule has 1 aromatic heterocycles. The zero-order valence-corrected chi connectivity index (χ0v) is 17.0. The van der Waals surface area contributed by atoms with Crippen LogP contribution in [0.1, 0.15) is 23.6 Å². The highest BCUT2D eigenvalue weighted by atomic mass is 35.5. The van der Waals surface area contributed by atoms with E-state index in [-0.39, 0.29) is 5.91 Å². The van der Waals surface area contributed by atoms with Crippen LogP contribution in [0.25, 0.3) is 0 Å². The molecule has 0 aliphatic rings. The van der Waals surface area contributed by atoms with E-state index in [9.17, 15) is 4.79 Å². The third kappa shape index (κ3) is 4.70. The van der Waals surface area contributed by atoms with E-state index in [2.05, 4.69) is 4.98 Å². The van der Waals surface area contributed by atoms with Gasteiger partial charge in [0, 0.05) is 11.2 Å². The van der Waals surface area contributed by atoms with E-state index in [4.69, 9.17) is 16.3 Å². The van der Waals surface area contributed by atoms with Crippen LogP contribution in [0.15, 0.2) is 66.9 Å². The molecule has 0 saturated heterocycles. The van der Waals surface area contributed by atoms with Crippen molar-refractivity contribution in [2.75, 3.05) is 4.90 Å². The molecule has 1 amide bonds. The van der Waals surface area contributed by atoms with Crippen LogP contribution in [0.5, 0.6) is 5.75 Å². The summed E-state index contributed by atoms with van der Waals surface area (Å²) in [6, 6.07) is 18.8. The molecule has 1 heterocycles. The molecule has 0 unspecified atom stereocenters. The molecule has 2 aromatic carbocycles. The van der Waals surface area contributed by atoms with Crippen LogP contribution in [-0.2, 0) is 11.3 Å². The van der Waals surface area contributed by atoms with E-state index in [0.29, 0.717) is 23.1 Å². The zero-order chi connectivity index (χ0) is 20.1. The summed E-state index contributed by atoms with van der Waals surface area (Å²) in [5, 5.41) is 0.610. The van der Waals surface area contributed by atoms with E-state index in [1.807, 2.05) is 68.4 Å². The molecule has 28 heavy (non-hydrogen) atoms. The average molecular weight is 395 g/mol. The predicted octanol–water partition coefficient (Wildman–Crippen LogP) is 5.35. The second-order valence-electron chi connectivity index (χ2n) is 6.71. The van der Waals surface area contributed by atoms with E-state index in [1.54, 1.807) is 24.1 Å². The van der Waals surface area contributed by atoms with Gasteiger partial charge < -0.3 is 4.74 Å². The van der Waals surface area contributed by atoms with Crippen LogP contribution in [0.2, 0.25) is 5.02 Å². The Morgan fingerprint density at radius 2 is 1.82 bits per heavy atom. The number of hydrogen-bond donors (Lipinski definition) is 0. The van der Waals surface area contributed by atoms with Gasteiger partial charge in [-0.05, 0) is 67.8 Å². The second-order valence-corrected chi connectivity index (χ2v) is 7.12. The summed E-state index contributed by atoms with van der Waals surface area (Å²) >= 11 is 6.31. The molecule has 0 aliphatic carbocycles. The number of pyridine rings is 1. The smallest absolute Gasteiger partial charge is 0.269 e. The maximum Gasteiger partial charge on any atom is 0.269 e. The quantitative estimate of drug-likeness (QED) is 0.565. The second kappa shape index (κ2) is 8.89. The lowest BCUT2D eigenvalue weighted by Gasteiger charge is -2.26. The number of ether oxygens (including phenoxy) is 1. The minimum absolute atomic E-state index is 0.183. The maximum absolute atomic E-state index is 13.2. The van der Waals surface area contributed by atoms with Crippen LogP contribution in [0.3, 0.4) is 0 Å². The van der Waals surface area contributed by atoms with Crippen molar-refractivity contribution in [3.63, 3.8) is 0 Å². The Bertz CT molecular complexity index is 960. The Morgan fingerprint density at radius 1 is 1.07 bits per heavy atom. The molecule has 3 rings (SSSR count). The van der Waals surface area contributed by atoms with Crippen LogP contribution >= 0.6 is 11.6 Å². The van der Waals surface area contributed by atoms with E-state index in [0.717, 1.165) is 11.1 Å². The molecule has 4 nitrogen and oxygen atoms in total. The van der Waals surface area contributed by atoms with E-state index < -0.39 is 6.10 Å². The van der Waals surface area contributed by atoms with Crippen LogP contribution < -0.4 is 9.64 Å². The van der Waals surface area contributed by atoms with Crippen molar-refractivity contribution in [3.8, 4) is 5.75 Å². The number of anilines is 1. The molecular formula is C23H23ClN2O2. The number of rotatable bonds is 6. The highest BCUT2D eigenvalue weighted by Gasteiger charge is 2.25. The first kappa shape index (κ1) is 19.9. The Balaban J connectivity index is 1.85. The fourth-order valence-corrected chi connectivity index (χ4v) is 3.04. The fourth-order valence-electron chi connectivity index (χ4n) is 2.84. The van der Waals surface area contributed by atoms with Gasteiger partial charge in [-0.25, -0.2) is 4.98 Å². The third-order valence-electron chi connectivity index (χ3n) is 4.62. The molecule has 144 valence electrons. The normalized spacial score (nSPS) is 11.7. The van der Waals surface area contributed by atoms with Crippen molar-refractivity contribution in [1.82, 2.24) is 4.98 Å². The highest BCUT2D eigenvalue weighted by Crippen LogP contribution is 2.23. The molecule has 0 bridgehead atoms. The Morgan fingerprint density at radius 3 is 2.50 bits per heavy atom. The lowest BCUT2D eigenvalue weighted by atomic mass is 10.1. The molecule has 0 aliphatic heterocycles. The number of halogens is 1. The summed E-state index contributed by atoms with van der Waals surface area (Å²) < 4.78 is 5.93. The SMILES string of the molecule is Cc1ccc(O[C@@H](C)C(=O)N(Cc2ccccc2Cl)c2ccccn2)cc1C. The molecule has 0 fully saturated rings. The van der Waals surface area contributed by atoms with Crippen LogP contribution in [-0.4, -0.2) is 17.0 Å². The van der Waals surface area contributed by atoms with Gasteiger partial charge >= 0.3 is 0 Å². The highest BCUT2D eigenvalue weighted by molar-refractivity contribution is 6.31. The summed E-state index contributed by atoms with van der Waals surface area (Å²) in [6.07, 6.45) is 0.989. The Kier molecular flexibility index (Phi) is 6.32. The van der Waals surface area contributed by atoms with E-state index in [1.165, 1.54) is 5.56 Å². The van der Waals surface area contributed by atoms with Gasteiger partial charge in [0.1, 0.15) is 11.6 Å². The van der Waals surface area contributed by atoms with Gasteiger partial charge in [-0.1, -0.05) is 41.9 Å². The number of aryl methyl sites for hydroxylation is 2. The summed E-state index contributed by atoms with van der Waals surface area (Å²) in [5.74, 6) is 1.04. The van der Waals surface area contributed by atoms with Gasteiger partial charge in [-0.2, -0.15) is 0 Å². The van der Waals surface area contributed by atoms with Crippen molar-refractivity contribution in [2.24, 2.45) is 0 Å². The minimum Gasteiger partial charge on any atom is -0.481 e. The third-order valence-corrected chi connectivity index (χ3v) is 4.99. The van der Waals surface area contributed by atoms with Crippen LogP contribution in [0.4, 0.5) is 5.82 Å². The standard InChI is InChI=1S/C23H23ClN2O2/c1-16-11-12-20(14-17(16)2)28-18(3)23(27)26(22-10-6-7-13-25-22)15-19-8-4-5-9-21(19)24/h4-14,18H,15H2,1-3H3/t18-/m0/s1. The Labute approximate surface area is 170 Å².